The van der Waals surface area contributed by atoms with Gasteiger partial charge in [0.05, 0.1) is 12.6 Å². The lowest BCUT2D eigenvalue weighted by Gasteiger charge is -2.35. The summed E-state index contributed by atoms with van der Waals surface area (Å²) in [6.45, 7) is 0. The topological polar surface area (TPSA) is 87.6 Å². The van der Waals surface area contributed by atoms with Gasteiger partial charge < -0.3 is 20.9 Å². The molecule has 0 saturated heterocycles. The minimum atomic E-state index is -0.953. The molecule has 0 aromatic heterocycles. The van der Waals surface area contributed by atoms with Gasteiger partial charge in [-0.2, -0.15) is 0 Å². The number of nitrogens with two attached hydrogens (primary N) is 2. The summed E-state index contributed by atoms with van der Waals surface area (Å²) < 4.78 is 11.1. The molecule has 1 amide bonds. The summed E-state index contributed by atoms with van der Waals surface area (Å²) in [6.07, 6.45) is 2.65. The summed E-state index contributed by atoms with van der Waals surface area (Å²) in [5.41, 5.74) is 10.4. The zero-order valence-corrected chi connectivity index (χ0v) is 11.1. The first-order valence-electron chi connectivity index (χ1n) is 6.43. The van der Waals surface area contributed by atoms with E-state index in [9.17, 15) is 4.79 Å². The Hall–Kier alpha value is -1.75. The number of carbonyl (C=O) groups excluding carboxylic acids is 1. The first-order chi connectivity index (χ1) is 9.05. The Morgan fingerprint density at radius 1 is 1.37 bits per heavy atom. The summed E-state index contributed by atoms with van der Waals surface area (Å²) in [5.74, 6) is 0.888. The second kappa shape index (κ2) is 5.48. The molecule has 2 atom stereocenters. The van der Waals surface area contributed by atoms with Crippen LogP contribution in [0.2, 0.25) is 0 Å². The van der Waals surface area contributed by atoms with Gasteiger partial charge in [-0.05, 0) is 31.4 Å². The fraction of sp³-hybridized carbons (Fsp3) is 0.500. The van der Waals surface area contributed by atoms with Crippen LogP contribution in [-0.2, 0) is 4.79 Å². The highest BCUT2D eigenvalue weighted by atomic mass is 16.5. The average Bonchev–Trinajstić information content (AvgIpc) is 2.39. The predicted octanol–water partition coefficient (Wildman–Crippen LogP) is 1.20. The molecule has 1 fully saturated rings. The fourth-order valence-electron chi connectivity index (χ4n) is 2.48. The van der Waals surface area contributed by atoms with Gasteiger partial charge in [-0.15, -0.1) is 0 Å². The lowest BCUT2D eigenvalue weighted by Crippen LogP contribution is -2.56. The largest absolute Gasteiger partial charge is 0.493 e. The number of methoxy groups -OCH3 is 1. The smallest absolute Gasteiger partial charge is 0.237 e. The van der Waals surface area contributed by atoms with Crippen molar-refractivity contribution in [3.05, 3.63) is 24.3 Å². The minimum Gasteiger partial charge on any atom is -0.493 e. The molecule has 0 aliphatic heterocycles. The maximum atomic E-state index is 11.4. The monoisotopic (exact) mass is 264 g/mol. The highest BCUT2D eigenvalue weighted by molar-refractivity contribution is 5.84. The number of hydrogen-bond acceptors (Lipinski definition) is 4. The van der Waals surface area contributed by atoms with E-state index in [-0.39, 0.29) is 6.10 Å². The quantitative estimate of drug-likeness (QED) is 0.855. The van der Waals surface area contributed by atoms with Crippen LogP contribution in [0.15, 0.2) is 24.3 Å². The van der Waals surface area contributed by atoms with Gasteiger partial charge in [0, 0.05) is 6.42 Å². The van der Waals surface area contributed by atoms with E-state index >= 15 is 0 Å². The molecule has 5 heteroatoms. The van der Waals surface area contributed by atoms with E-state index in [2.05, 4.69) is 0 Å². The highest BCUT2D eigenvalue weighted by Gasteiger charge is 2.38. The van der Waals surface area contributed by atoms with E-state index in [1.54, 1.807) is 7.11 Å². The highest BCUT2D eigenvalue weighted by Crippen LogP contribution is 2.33. The van der Waals surface area contributed by atoms with Crippen LogP contribution in [-0.4, -0.2) is 24.7 Å². The summed E-state index contributed by atoms with van der Waals surface area (Å²) in [5, 5.41) is 0. The van der Waals surface area contributed by atoms with Crippen molar-refractivity contribution in [1.29, 1.82) is 0 Å². The van der Waals surface area contributed by atoms with Crippen molar-refractivity contribution in [3.8, 4) is 11.5 Å². The number of amides is 1. The van der Waals surface area contributed by atoms with E-state index in [1.807, 2.05) is 24.3 Å². The lowest BCUT2D eigenvalue weighted by molar-refractivity contribution is -0.125. The van der Waals surface area contributed by atoms with Crippen LogP contribution in [0.25, 0.3) is 0 Å². The van der Waals surface area contributed by atoms with Gasteiger partial charge >= 0.3 is 0 Å². The van der Waals surface area contributed by atoms with Crippen LogP contribution in [0.3, 0.4) is 0 Å². The molecule has 5 nitrogen and oxygen atoms in total. The number of para-hydroxylation sites is 2. The standard InChI is InChI=1S/C14H20N2O3/c1-18-11-6-2-3-7-12(11)19-10-5-4-8-14(16,9-10)13(15)17/h2-3,6-7,10H,4-5,8-9,16H2,1H3,(H2,15,17). The molecule has 0 spiro atoms. The third-order valence-electron chi connectivity index (χ3n) is 3.59. The summed E-state index contributed by atoms with van der Waals surface area (Å²) >= 11 is 0. The van der Waals surface area contributed by atoms with Gasteiger partial charge in [0.15, 0.2) is 11.5 Å². The summed E-state index contributed by atoms with van der Waals surface area (Å²) in [7, 11) is 1.60. The Bertz CT molecular complexity index is 464. The van der Waals surface area contributed by atoms with Crippen LogP contribution in [0.1, 0.15) is 25.7 Å². The van der Waals surface area contributed by atoms with Gasteiger partial charge in [-0.1, -0.05) is 12.1 Å². The van der Waals surface area contributed by atoms with Crippen LogP contribution < -0.4 is 20.9 Å². The van der Waals surface area contributed by atoms with Crippen molar-refractivity contribution >= 4 is 5.91 Å². The number of rotatable bonds is 4. The molecule has 2 rings (SSSR count). The van der Waals surface area contributed by atoms with Crippen LogP contribution >= 0.6 is 0 Å². The van der Waals surface area contributed by atoms with Crippen molar-refractivity contribution in [3.63, 3.8) is 0 Å². The fourth-order valence-corrected chi connectivity index (χ4v) is 2.48. The molecular formula is C14H20N2O3. The second-order valence-corrected chi connectivity index (χ2v) is 5.01. The molecule has 0 heterocycles. The molecule has 1 aliphatic carbocycles. The molecule has 4 N–H and O–H groups in total. The van der Waals surface area contributed by atoms with E-state index in [0.717, 1.165) is 12.8 Å². The molecule has 1 aliphatic rings. The number of ether oxygens (including phenoxy) is 2. The maximum Gasteiger partial charge on any atom is 0.237 e. The molecule has 1 aromatic carbocycles. The third-order valence-corrected chi connectivity index (χ3v) is 3.59. The molecule has 0 radical (unpaired) electrons. The molecule has 1 saturated carbocycles. The third kappa shape index (κ3) is 2.98. The van der Waals surface area contributed by atoms with E-state index in [1.165, 1.54) is 0 Å². The second-order valence-electron chi connectivity index (χ2n) is 5.01. The van der Waals surface area contributed by atoms with Gasteiger partial charge in [0.1, 0.15) is 6.10 Å². The van der Waals surface area contributed by atoms with Crippen LogP contribution in [0.4, 0.5) is 0 Å². The normalized spacial score (nSPS) is 26.7. The molecule has 104 valence electrons. The van der Waals surface area contributed by atoms with Crippen LogP contribution in [0.5, 0.6) is 11.5 Å². The molecule has 19 heavy (non-hydrogen) atoms. The minimum absolute atomic E-state index is 0.109. The summed E-state index contributed by atoms with van der Waals surface area (Å²) in [6, 6.07) is 7.44. The molecule has 1 aromatic rings. The van der Waals surface area contributed by atoms with Crippen molar-refractivity contribution in [2.24, 2.45) is 11.5 Å². The van der Waals surface area contributed by atoms with Gasteiger partial charge in [-0.3, -0.25) is 4.79 Å². The van der Waals surface area contributed by atoms with Crippen molar-refractivity contribution < 1.29 is 14.3 Å². The Morgan fingerprint density at radius 3 is 2.68 bits per heavy atom. The van der Waals surface area contributed by atoms with Crippen molar-refractivity contribution in [2.45, 2.75) is 37.3 Å². The molecular weight excluding hydrogens is 244 g/mol. The average molecular weight is 264 g/mol. The maximum absolute atomic E-state index is 11.4. The van der Waals surface area contributed by atoms with Crippen molar-refractivity contribution in [1.82, 2.24) is 0 Å². The Balaban J connectivity index is 2.09. The number of hydrogen-bond donors (Lipinski definition) is 2. The predicted molar refractivity (Wildman–Crippen MR) is 72.0 cm³/mol. The number of benzene rings is 1. The molecule has 0 bridgehead atoms. The Kier molecular flexibility index (Phi) is 3.95. The summed E-state index contributed by atoms with van der Waals surface area (Å²) in [4.78, 5) is 11.4. The number of primary amides is 1. The first kappa shape index (κ1) is 13.7. The zero-order chi connectivity index (χ0) is 13.9. The molecule has 2 unspecified atom stereocenters. The van der Waals surface area contributed by atoms with Gasteiger partial charge in [-0.25, -0.2) is 0 Å². The van der Waals surface area contributed by atoms with E-state index in [4.69, 9.17) is 20.9 Å². The SMILES string of the molecule is COc1ccccc1OC1CCCC(N)(C(N)=O)C1. The number of carbonyl (C=O) groups is 1. The van der Waals surface area contributed by atoms with Gasteiger partial charge in [0.2, 0.25) is 5.91 Å². The first-order valence-corrected chi connectivity index (χ1v) is 6.43. The van der Waals surface area contributed by atoms with Crippen LogP contribution in [0, 0.1) is 0 Å². The van der Waals surface area contributed by atoms with E-state index in [0.29, 0.717) is 24.3 Å². The Labute approximate surface area is 112 Å². The Morgan fingerprint density at radius 2 is 2.05 bits per heavy atom. The van der Waals surface area contributed by atoms with E-state index < -0.39 is 11.4 Å². The van der Waals surface area contributed by atoms with Gasteiger partial charge in [0.25, 0.3) is 0 Å². The lowest BCUT2D eigenvalue weighted by atomic mass is 9.80. The van der Waals surface area contributed by atoms with Crippen molar-refractivity contribution in [2.75, 3.05) is 7.11 Å². The zero-order valence-electron chi connectivity index (χ0n) is 11.1.